The molecule has 1 aliphatic rings. The summed E-state index contributed by atoms with van der Waals surface area (Å²) in [5.74, 6) is 1.21. The molecule has 82 valence electrons. The fourth-order valence-electron chi connectivity index (χ4n) is 2.56. The molecule has 1 heterocycles. The third-order valence-corrected chi connectivity index (χ3v) is 4.23. The number of aromatic nitrogens is 1. The van der Waals surface area contributed by atoms with Gasteiger partial charge >= 0.3 is 0 Å². The van der Waals surface area contributed by atoms with E-state index in [-0.39, 0.29) is 5.92 Å². The summed E-state index contributed by atoms with van der Waals surface area (Å²) in [5, 5.41) is 0. The third-order valence-electron chi connectivity index (χ3n) is 3.45. The second-order valence-electron chi connectivity index (χ2n) is 4.29. The van der Waals surface area contributed by atoms with Crippen molar-refractivity contribution in [3.05, 3.63) is 16.6 Å². The van der Waals surface area contributed by atoms with Crippen molar-refractivity contribution in [1.82, 2.24) is 4.98 Å². The van der Waals surface area contributed by atoms with Crippen molar-refractivity contribution in [3.63, 3.8) is 0 Å². The van der Waals surface area contributed by atoms with Crippen molar-refractivity contribution in [3.8, 4) is 0 Å². The second kappa shape index (κ2) is 4.88. The molecule has 2 nitrogen and oxygen atoms in total. The number of thiazole rings is 1. The van der Waals surface area contributed by atoms with Crippen molar-refractivity contribution >= 4 is 17.1 Å². The highest BCUT2D eigenvalue weighted by Gasteiger charge is 2.30. The highest BCUT2D eigenvalue weighted by molar-refractivity contribution is 7.11. The molecule has 0 aromatic carbocycles. The Morgan fingerprint density at radius 2 is 2.33 bits per heavy atom. The minimum Gasteiger partial charge on any atom is -0.293 e. The van der Waals surface area contributed by atoms with Gasteiger partial charge in [0.05, 0.1) is 10.4 Å². The first kappa shape index (κ1) is 10.8. The molecule has 0 N–H and O–H groups in total. The Labute approximate surface area is 94.7 Å². The van der Waals surface area contributed by atoms with Crippen LogP contribution in [0.4, 0.5) is 0 Å². The molecule has 15 heavy (non-hydrogen) atoms. The van der Waals surface area contributed by atoms with E-state index < -0.39 is 0 Å². The molecule has 2 atom stereocenters. The zero-order valence-electron chi connectivity index (χ0n) is 9.11. The SMILES string of the molecule is CCC1CCCCC1C(=O)c1cncs1. The van der Waals surface area contributed by atoms with Gasteiger partial charge in [-0.3, -0.25) is 9.78 Å². The Morgan fingerprint density at radius 3 is 3.00 bits per heavy atom. The van der Waals surface area contributed by atoms with Crippen LogP contribution in [0.15, 0.2) is 11.7 Å². The van der Waals surface area contributed by atoms with E-state index in [0.717, 1.165) is 17.7 Å². The van der Waals surface area contributed by atoms with Gasteiger partial charge in [0, 0.05) is 12.1 Å². The van der Waals surface area contributed by atoms with Crippen LogP contribution >= 0.6 is 11.3 Å². The predicted octanol–water partition coefficient (Wildman–Crippen LogP) is 3.54. The topological polar surface area (TPSA) is 30.0 Å². The van der Waals surface area contributed by atoms with E-state index in [1.165, 1.54) is 30.6 Å². The summed E-state index contributed by atoms with van der Waals surface area (Å²) in [6.45, 7) is 2.20. The van der Waals surface area contributed by atoms with Gasteiger partial charge in [-0.2, -0.15) is 0 Å². The van der Waals surface area contributed by atoms with Crippen LogP contribution in [0.1, 0.15) is 48.7 Å². The quantitative estimate of drug-likeness (QED) is 0.734. The molecule has 0 amide bonds. The smallest absolute Gasteiger partial charge is 0.177 e. The van der Waals surface area contributed by atoms with Crippen LogP contribution in [-0.2, 0) is 0 Å². The molecular formula is C12H17NOS. The lowest BCUT2D eigenvalue weighted by Crippen LogP contribution is -2.26. The molecule has 0 spiro atoms. The Balaban J connectivity index is 2.11. The van der Waals surface area contributed by atoms with Gasteiger partial charge in [-0.1, -0.05) is 26.2 Å². The fraction of sp³-hybridized carbons (Fsp3) is 0.667. The van der Waals surface area contributed by atoms with E-state index in [1.54, 1.807) is 11.7 Å². The number of ketones is 1. The number of hydrogen-bond donors (Lipinski definition) is 0. The molecule has 1 aromatic heterocycles. The van der Waals surface area contributed by atoms with E-state index in [0.29, 0.717) is 11.7 Å². The number of carbonyl (C=O) groups is 1. The van der Waals surface area contributed by atoms with Gasteiger partial charge in [-0.25, -0.2) is 0 Å². The van der Waals surface area contributed by atoms with Crippen molar-refractivity contribution in [2.75, 3.05) is 0 Å². The van der Waals surface area contributed by atoms with Crippen LogP contribution in [0, 0.1) is 11.8 Å². The molecule has 1 aromatic rings. The molecule has 3 heteroatoms. The van der Waals surface area contributed by atoms with Crippen LogP contribution in [0.2, 0.25) is 0 Å². The average Bonchev–Trinajstić information content (AvgIpc) is 2.81. The summed E-state index contributed by atoms with van der Waals surface area (Å²) >= 11 is 1.48. The number of carbonyl (C=O) groups excluding carboxylic acids is 1. The standard InChI is InChI=1S/C12H17NOS/c1-2-9-5-3-4-6-10(9)12(14)11-7-13-8-15-11/h7-10H,2-6H2,1H3. The van der Waals surface area contributed by atoms with E-state index >= 15 is 0 Å². The first-order valence-electron chi connectivity index (χ1n) is 5.75. The number of nitrogens with zero attached hydrogens (tertiary/aromatic N) is 1. The molecule has 0 aliphatic heterocycles. The van der Waals surface area contributed by atoms with Gasteiger partial charge < -0.3 is 0 Å². The summed E-state index contributed by atoms with van der Waals surface area (Å²) < 4.78 is 0. The maximum absolute atomic E-state index is 12.2. The maximum atomic E-state index is 12.2. The normalized spacial score (nSPS) is 26.5. The van der Waals surface area contributed by atoms with Crippen LogP contribution in [0.5, 0.6) is 0 Å². The first-order chi connectivity index (χ1) is 7.33. The van der Waals surface area contributed by atoms with E-state index in [4.69, 9.17) is 0 Å². The molecule has 0 radical (unpaired) electrons. The number of Topliss-reactive ketones (excluding diaryl/α,β-unsaturated/α-hetero) is 1. The van der Waals surface area contributed by atoms with Gasteiger partial charge in [0.25, 0.3) is 0 Å². The number of hydrogen-bond acceptors (Lipinski definition) is 3. The Kier molecular flexibility index (Phi) is 3.52. The van der Waals surface area contributed by atoms with Crippen LogP contribution < -0.4 is 0 Å². The summed E-state index contributed by atoms with van der Waals surface area (Å²) in [6.07, 6.45) is 7.67. The van der Waals surface area contributed by atoms with Crippen LogP contribution in [0.25, 0.3) is 0 Å². The molecule has 2 rings (SSSR count). The van der Waals surface area contributed by atoms with Crippen LogP contribution in [-0.4, -0.2) is 10.8 Å². The Morgan fingerprint density at radius 1 is 1.53 bits per heavy atom. The molecule has 1 aliphatic carbocycles. The molecule has 1 saturated carbocycles. The second-order valence-corrected chi connectivity index (χ2v) is 5.18. The molecule has 0 saturated heterocycles. The van der Waals surface area contributed by atoms with E-state index in [9.17, 15) is 4.79 Å². The summed E-state index contributed by atoms with van der Waals surface area (Å²) in [4.78, 5) is 17.0. The Bertz CT molecular complexity index is 320. The van der Waals surface area contributed by atoms with Gasteiger partial charge in [0.1, 0.15) is 0 Å². The van der Waals surface area contributed by atoms with Crippen molar-refractivity contribution in [1.29, 1.82) is 0 Å². The largest absolute Gasteiger partial charge is 0.293 e. The predicted molar refractivity (Wildman–Crippen MR) is 62.2 cm³/mol. The molecule has 1 fully saturated rings. The van der Waals surface area contributed by atoms with Gasteiger partial charge in [-0.05, 0) is 18.8 Å². The van der Waals surface area contributed by atoms with Gasteiger partial charge in [0.15, 0.2) is 5.78 Å². The van der Waals surface area contributed by atoms with Crippen molar-refractivity contribution < 1.29 is 4.79 Å². The van der Waals surface area contributed by atoms with Crippen molar-refractivity contribution in [2.45, 2.75) is 39.0 Å². The van der Waals surface area contributed by atoms with E-state index in [1.807, 2.05) is 0 Å². The monoisotopic (exact) mass is 223 g/mol. The average molecular weight is 223 g/mol. The number of rotatable bonds is 3. The fourth-order valence-corrected chi connectivity index (χ4v) is 3.19. The zero-order valence-corrected chi connectivity index (χ0v) is 9.93. The Hall–Kier alpha value is -0.700. The lowest BCUT2D eigenvalue weighted by molar-refractivity contribution is 0.0824. The minimum atomic E-state index is 0.268. The van der Waals surface area contributed by atoms with Gasteiger partial charge in [0.2, 0.25) is 0 Å². The van der Waals surface area contributed by atoms with E-state index in [2.05, 4.69) is 11.9 Å². The summed E-state index contributed by atoms with van der Waals surface area (Å²) in [6, 6.07) is 0. The summed E-state index contributed by atoms with van der Waals surface area (Å²) in [5.41, 5.74) is 1.75. The maximum Gasteiger partial charge on any atom is 0.177 e. The highest BCUT2D eigenvalue weighted by atomic mass is 32.1. The molecule has 2 unspecified atom stereocenters. The lowest BCUT2D eigenvalue weighted by Gasteiger charge is -2.29. The first-order valence-corrected chi connectivity index (χ1v) is 6.63. The molecular weight excluding hydrogens is 206 g/mol. The van der Waals surface area contributed by atoms with Crippen molar-refractivity contribution in [2.24, 2.45) is 11.8 Å². The van der Waals surface area contributed by atoms with Gasteiger partial charge in [-0.15, -0.1) is 11.3 Å². The van der Waals surface area contributed by atoms with Crippen LogP contribution in [0.3, 0.4) is 0 Å². The minimum absolute atomic E-state index is 0.268. The summed E-state index contributed by atoms with van der Waals surface area (Å²) in [7, 11) is 0. The zero-order chi connectivity index (χ0) is 10.7. The molecule has 0 bridgehead atoms. The highest BCUT2D eigenvalue weighted by Crippen LogP contribution is 2.34. The lowest BCUT2D eigenvalue weighted by atomic mass is 9.75. The third kappa shape index (κ3) is 2.28.